The third-order valence-corrected chi connectivity index (χ3v) is 3.17. The van der Waals surface area contributed by atoms with E-state index in [0.29, 0.717) is 5.46 Å². The maximum absolute atomic E-state index is 9.52. The van der Waals surface area contributed by atoms with Crippen LogP contribution < -0.4 is 5.46 Å². The Morgan fingerprint density at radius 1 is 1.00 bits per heavy atom. The van der Waals surface area contributed by atoms with E-state index in [0.717, 1.165) is 22.5 Å². The fourth-order valence-electron chi connectivity index (χ4n) is 2.37. The molecule has 2 N–H and O–H groups in total. The van der Waals surface area contributed by atoms with E-state index in [2.05, 4.69) is 4.98 Å². The van der Waals surface area contributed by atoms with Crippen LogP contribution in [0.2, 0.25) is 0 Å². The molecule has 19 heavy (non-hydrogen) atoms. The Hall–Kier alpha value is -2.11. The summed E-state index contributed by atoms with van der Waals surface area (Å²) < 4.78 is 1.93. The van der Waals surface area contributed by atoms with Crippen molar-refractivity contribution in [2.75, 3.05) is 0 Å². The molecule has 1 aromatic heterocycles. The van der Waals surface area contributed by atoms with Crippen LogP contribution in [0.5, 0.6) is 0 Å². The van der Waals surface area contributed by atoms with Crippen molar-refractivity contribution in [1.29, 1.82) is 0 Å². The summed E-state index contributed by atoms with van der Waals surface area (Å²) in [5, 5.41) is 19.0. The minimum Gasteiger partial charge on any atom is -0.423 e. The smallest absolute Gasteiger partial charge is 0.423 e. The van der Waals surface area contributed by atoms with Crippen molar-refractivity contribution in [2.24, 2.45) is 0 Å². The molecule has 3 aromatic rings. The molecule has 0 fully saturated rings. The largest absolute Gasteiger partial charge is 0.490 e. The Kier molecular flexibility index (Phi) is 2.85. The number of aryl methyl sites for hydroxylation is 1. The van der Waals surface area contributed by atoms with E-state index in [-0.39, 0.29) is 0 Å². The molecule has 0 spiro atoms. The number of nitrogens with zero attached hydrogens (tertiary/aromatic N) is 2. The highest BCUT2D eigenvalue weighted by Crippen LogP contribution is 2.19. The van der Waals surface area contributed by atoms with Gasteiger partial charge in [0.1, 0.15) is 5.82 Å². The summed E-state index contributed by atoms with van der Waals surface area (Å²) >= 11 is 0. The van der Waals surface area contributed by atoms with E-state index in [1.54, 1.807) is 12.1 Å². The van der Waals surface area contributed by atoms with Gasteiger partial charge in [-0.1, -0.05) is 30.3 Å². The van der Waals surface area contributed by atoms with Gasteiger partial charge >= 0.3 is 7.12 Å². The molecular formula is C14H13BN2O2. The van der Waals surface area contributed by atoms with E-state index in [1.165, 1.54) is 0 Å². The zero-order chi connectivity index (χ0) is 13.4. The first kappa shape index (κ1) is 12.0. The maximum atomic E-state index is 9.52. The van der Waals surface area contributed by atoms with Gasteiger partial charge in [0, 0.05) is 11.2 Å². The summed E-state index contributed by atoms with van der Waals surface area (Å²) in [7, 11) is -1.51. The monoisotopic (exact) mass is 252 g/mol. The van der Waals surface area contributed by atoms with Crippen LogP contribution in [0, 0.1) is 6.92 Å². The fraction of sp³-hybridized carbons (Fsp3) is 0.0714. The maximum Gasteiger partial charge on any atom is 0.490 e. The van der Waals surface area contributed by atoms with E-state index in [1.807, 2.05) is 47.9 Å². The SMILES string of the molecule is Cc1nc2cccc(B(O)O)c2n1-c1ccccc1. The molecule has 4 nitrogen and oxygen atoms in total. The van der Waals surface area contributed by atoms with Gasteiger partial charge in [0.25, 0.3) is 0 Å². The van der Waals surface area contributed by atoms with Gasteiger partial charge in [-0.2, -0.15) is 0 Å². The summed E-state index contributed by atoms with van der Waals surface area (Å²) in [6.45, 7) is 1.90. The van der Waals surface area contributed by atoms with Crippen molar-refractivity contribution >= 4 is 23.6 Å². The number of fused-ring (bicyclic) bond motifs is 1. The average molecular weight is 252 g/mol. The van der Waals surface area contributed by atoms with Crippen LogP contribution in [-0.4, -0.2) is 26.7 Å². The molecule has 3 rings (SSSR count). The number of aromatic nitrogens is 2. The summed E-state index contributed by atoms with van der Waals surface area (Å²) in [5.41, 5.74) is 2.91. The van der Waals surface area contributed by atoms with Gasteiger partial charge in [-0.05, 0) is 25.1 Å². The van der Waals surface area contributed by atoms with Crippen molar-refractivity contribution in [1.82, 2.24) is 9.55 Å². The fourth-order valence-corrected chi connectivity index (χ4v) is 2.37. The Balaban J connectivity index is 2.38. The Bertz CT molecular complexity index is 723. The van der Waals surface area contributed by atoms with Crippen LogP contribution in [0.4, 0.5) is 0 Å². The van der Waals surface area contributed by atoms with E-state index in [4.69, 9.17) is 0 Å². The highest BCUT2D eigenvalue weighted by atomic mass is 16.4. The normalized spacial score (nSPS) is 10.9. The van der Waals surface area contributed by atoms with E-state index in [9.17, 15) is 10.0 Å². The molecule has 0 unspecified atom stereocenters. The van der Waals surface area contributed by atoms with Gasteiger partial charge in [-0.25, -0.2) is 4.98 Å². The van der Waals surface area contributed by atoms with E-state index >= 15 is 0 Å². The number of imidazole rings is 1. The summed E-state index contributed by atoms with van der Waals surface area (Å²) in [6, 6.07) is 15.1. The molecular weight excluding hydrogens is 239 g/mol. The van der Waals surface area contributed by atoms with Crippen LogP contribution in [0.3, 0.4) is 0 Å². The molecule has 2 aromatic carbocycles. The Labute approximate surface area is 111 Å². The number of hydrogen-bond donors (Lipinski definition) is 2. The van der Waals surface area contributed by atoms with Crippen LogP contribution >= 0.6 is 0 Å². The summed E-state index contributed by atoms with van der Waals surface area (Å²) in [6.07, 6.45) is 0. The third-order valence-electron chi connectivity index (χ3n) is 3.17. The Morgan fingerprint density at radius 2 is 1.74 bits per heavy atom. The van der Waals surface area contributed by atoms with Gasteiger partial charge in [0.05, 0.1) is 11.0 Å². The number of para-hydroxylation sites is 2. The molecule has 1 heterocycles. The van der Waals surface area contributed by atoms with Gasteiger partial charge < -0.3 is 10.0 Å². The van der Waals surface area contributed by atoms with Gasteiger partial charge in [0.15, 0.2) is 0 Å². The average Bonchev–Trinajstić information content (AvgIpc) is 2.75. The predicted octanol–water partition coefficient (Wildman–Crippen LogP) is 1.01. The number of benzene rings is 2. The van der Waals surface area contributed by atoms with Gasteiger partial charge in [0.2, 0.25) is 0 Å². The molecule has 0 bridgehead atoms. The second-order valence-corrected chi connectivity index (χ2v) is 4.42. The summed E-state index contributed by atoms with van der Waals surface area (Å²) in [5.74, 6) is 0.814. The zero-order valence-electron chi connectivity index (χ0n) is 10.5. The quantitative estimate of drug-likeness (QED) is 0.669. The van der Waals surface area contributed by atoms with Crippen LogP contribution in [-0.2, 0) is 0 Å². The van der Waals surface area contributed by atoms with Crippen molar-refractivity contribution in [3.8, 4) is 5.69 Å². The van der Waals surface area contributed by atoms with Crippen molar-refractivity contribution in [2.45, 2.75) is 6.92 Å². The van der Waals surface area contributed by atoms with Crippen LogP contribution in [0.25, 0.3) is 16.7 Å². The lowest BCUT2D eigenvalue weighted by atomic mass is 9.79. The Morgan fingerprint density at radius 3 is 2.42 bits per heavy atom. The minimum absolute atomic E-state index is 0.460. The topological polar surface area (TPSA) is 58.3 Å². The third kappa shape index (κ3) is 1.93. The zero-order valence-corrected chi connectivity index (χ0v) is 10.5. The molecule has 0 saturated heterocycles. The molecule has 0 aliphatic heterocycles. The van der Waals surface area contributed by atoms with Crippen LogP contribution in [0.15, 0.2) is 48.5 Å². The van der Waals surface area contributed by atoms with Crippen molar-refractivity contribution in [3.63, 3.8) is 0 Å². The second-order valence-electron chi connectivity index (χ2n) is 4.42. The molecule has 0 saturated carbocycles. The first-order valence-electron chi connectivity index (χ1n) is 6.08. The highest BCUT2D eigenvalue weighted by Gasteiger charge is 2.20. The lowest BCUT2D eigenvalue weighted by molar-refractivity contribution is 0.426. The lowest BCUT2D eigenvalue weighted by Crippen LogP contribution is -2.31. The standard InChI is InChI=1S/C14H13BN2O2/c1-10-16-13-9-5-8-12(15(18)19)14(13)17(10)11-6-3-2-4-7-11/h2-9,18-19H,1H3. The highest BCUT2D eigenvalue weighted by molar-refractivity contribution is 6.61. The summed E-state index contributed by atoms with van der Waals surface area (Å²) in [4.78, 5) is 4.47. The van der Waals surface area contributed by atoms with Crippen molar-refractivity contribution < 1.29 is 10.0 Å². The van der Waals surface area contributed by atoms with Gasteiger partial charge in [-0.15, -0.1) is 0 Å². The minimum atomic E-state index is -1.51. The number of hydrogen-bond acceptors (Lipinski definition) is 3. The number of rotatable bonds is 2. The molecule has 0 aliphatic carbocycles. The second kappa shape index (κ2) is 4.53. The molecule has 94 valence electrons. The molecule has 0 radical (unpaired) electrons. The molecule has 5 heteroatoms. The molecule has 0 amide bonds. The molecule has 0 aliphatic rings. The first-order valence-corrected chi connectivity index (χ1v) is 6.08. The predicted molar refractivity (Wildman–Crippen MR) is 75.6 cm³/mol. The lowest BCUT2D eigenvalue weighted by Gasteiger charge is -2.09. The molecule has 0 atom stereocenters. The van der Waals surface area contributed by atoms with E-state index < -0.39 is 7.12 Å². The first-order chi connectivity index (χ1) is 9.18. The van der Waals surface area contributed by atoms with Crippen molar-refractivity contribution in [3.05, 3.63) is 54.4 Å². The van der Waals surface area contributed by atoms with Gasteiger partial charge in [-0.3, -0.25) is 4.57 Å². The van der Waals surface area contributed by atoms with Crippen LogP contribution in [0.1, 0.15) is 5.82 Å².